The van der Waals surface area contributed by atoms with Gasteiger partial charge < -0.3 is 5.32 Å². The molecule has 1 amide bonds. The number of carbonyl (C=O) groups is 1. The maximum absolute atomic E-state index is 10.9. The van der Waals surface area contributed by atoms with Crippen LogP contribution < -0.4 is 10.5 Å². The van der Waals surface area contributed by atoms with Crippen molar-refractivity contribution >= 4 is 24.9 Å². The molecule has 1 aromatic carbocycles. The Hall–Kier alpha value is -1.09. The van der Waals surface area contributed by atoms with Crippen molar-refractivity contribution in [3.05, 3.63) is 24.3 Å². The average molecular weight is 207 g/mol. The third kappa shape index (κ3) is 2.99. The van der Waals surface area contributed by atoms with Crippen molar-refractivity contribution in [1.82, 2.24) is 0 Å². The van der Waals surface area contributed by atoms with E-state index in [0.29, 0.717) is 0 Å². The number of nitrogens with one attached hydrogen (secondary N) is 1. The minimum Gasteiger partial charge on any atom is -0.326 e. The zero-order valence-electron chi connectivity index (χ0n) is 9.22. The average Bonchev–Trinajstić information content (AvgIpc) is 2.01. The number of hydrogen-bond acceptors (Lipinski definition) is 1. The predicted molar refractivity (Wildman–Crippen MR) is 63.7 cm³/mol. The highest BCUT2D eigenvalue weighted by molar-refractivity contribution is 6.88. The molecule has 0 saturated carbocycles. The lowest BCUT2D eigenvalue weighted by molar-refractivity contribution is -0.114. The summed E-state index contributed by atoms with van der Waals surface area (Å²) in [5, 5.41) is 4.17. The van der Waals surface area contributed by atoms with Crippen molar-refractivity contribution < 1.29 is 4.79 Å². The zero-order chi connectivity index (χ0) is 10.8. The van der Waals surface area contributed by atoms with E-state index in [4.69, 9.17) is 0 Å². The maximum atomic E-state index is 10.9. The summed E-state index contributed by atoms with van der Waals surface area (Å²) in [5.41, 5.74) is 0.900. The van der Waals surface area contributed by atoms with E-state index in [0.717, 1.165) is 5.69 Å². The molecule has 1 rings (SSSR count). The largest absolute Gasteiger partial charge is 0.326 e. The van der Waals surface area contributed by atoms with Gasteiger partial charge in [-0.3, -0.25) is 4.79 Å². The zero-order valence-corrected chi connectivity index (χ0v) is 10.2. The molecule has 76 valence electrons. The SMILES string of the molecule is CC(=O)Nc1cccc([Si](C)(C)C)c1. The van der Waals surface area contributed by atoms with Crippen LogP contribution in [0.5, 0.6) is 0 Å². The summed E-state index contributed by atoms with van der Waals surface area (Å²) in [4.78, 5) is 10.9. The Morgan fingerprint density at radius 1 is 1.29 bits per heavy atom. The van der Waals surface area contributed by atoms with Crippen LogP contribution in [0.15, 0.2) is 24.3 Å². The molecule has 0 aromatic heterocycles. The smallest absolute Gasteiger partial charge is 0.221 e. The normalized spacial score (nSPS) is 11.1. The number of hydrogen-bond donors (Lipinski definition) is 1. The fourth-order valence-corrected chi connectivity index (χ4v) is 2.45. The Bertz CT molecular complexity index is 341. The highest BCUT2D eigenvalue weighted by Crippen LogP contribution is 2.08. The van der Waals surface area contributed by atoms with E-state index in [-0.39, 0.29) is 5.91 Å². The van der Waals surface area contributed by atoms with Gasteiger partial charge in [-0.15, -0.1) is 0 Å². The summed E-state index contributed by atoms with van der Waals surface area (Å²) in [6, 6.07) is 8.13. The summed E-state index contributed by atoms with van der Waals surface area (Å²) in [6.07, 6.45) is 0. The van der Waals surface area contributed by atoms with Crippen LogP contribution in [-0.4, -0.2) is 14.0 Å². The van der Waals surface area contributed by atoms with Crippen LogP contribution in [0.3, 0.4) is 0 Å². The van der Waals surface area contributed by atoms with Gasteiger partial charge in [0.15, 0.2) is 0 Å². The van der Waals surface area contributed by atoms with Gasteiger partial charge >= 0.3 is 0 Å². The van der Waals surface area contributed by atoms with Crippen LogP contribution in [0, 0.1) is 0 Å². The van der Waals surface area contributed by atoms with Crippen molar-refractivity contribution in [2.24, 2.45) is 0 Å². The maximum Gasteiger partial charge on any atom is 0.221 e. The van der Waals surface area contributed by atoms with Gasteiger partial charge in [0, 0.05) is 12.6 Å². The monoisotopic (exact) mass is 207 g/mol. The third-order valence-corrected chi connectivity index (χ3v) is 4.09. The van der Waals surface area contributed by atoms with Crippen molar-refractivity contribution in [1.29, 1.82) is 0 Å². The number of anilines is 1. The standard InChI is InChI=1S/C11H17NOSi/c1-9(13)12-10-6-5-7-11(8-10)14(2,3)4/h5-8H,1-4H3,(H,12,13). The molecule has 3 heteroatoms. The molecule has 0 fully saturated rings. The highest BCUT2D eigenvalue weighted by Gasteiger charge is 2.16. The molecular weight excluding hydrogens is 190 g/mol. The summed E-state index contributed by atoms with van der Waals surface area (Å²) >= 11 is 0. The first kappa shape index (κ1) is 11.0. The minimum atomic E-state index is -1.27. The molecule has 0 aliphatic rings. The van der Waals surface area contributed by atoms with E-state index < -0.39 is 8.07 Å². The quantitative estimate of drug-likeness (QED) is 0.740. The first-order valence-corrected chi connectivity index (χ1v) is 8.28. The topological polar surface area (TPSA) is 29.1 Å². The van der Waals surface area contributed by atoms with Crippen molar-refractivity contribution in [3.63, 3.8) is 0 Å². The van der Waals surface area contributed by atoms with Crippen LogP contribution >= 0.6 is 0 Å². The lowest BCUT2D eigenvalue weighted by Crippen LogP contribution is -2.37. The number of rotatable bonds is 2. The second kappa shape index (κ2) is 3.96. The van der Waals surface area contributed by atoms with Gasteiger partial charge in [-0.2, -0.15) is 0 Å². The molecule has 0 radical (unpaired) electrons. The van der Waals surface area contributed by atoms with Crippen molar-refractivity contribution in [2.75, 3.05) is 5.32 Å². The van der Waals surface area contributed by atoms with Crippen LogP contribution in [0.25, 0.3) is 0 Å². The molecule has 0 aliphatic carbocycles. The molecule has 0 aliphatic heterocycles. The summed E-state index contributed by atoms with van der Waals surface area (Å²) < 4.78 is 0. The Morgan fingerprint density at radius 2 is 1.93 bits per heavy atom. The first-order chi connectivity index (χ1) is 6.39. The highest BCUT2D eigenvalue weighted by atomic mass is 28.3. The molecule has 0 heterocycles. The van der Waals surface area contributed by atoms with Gasteiger partial charge in [0.25, 0.3) is 0 Å². The van der Waals surface area contributed by atoms with E-state index in [2.05, 4.69) is 37.1 Å². The third-order valence-electron chi connectivity index (χ3n) is 2.05. The van der Waals surface area contributed by atoms with Crippen LogP contribution in [0.4, 0.5) is 5.69 Å². The van der Waals surface area contributed by atoms with Gasteiger partial charge in [0.05, 0.1) is 8.07 Å². The van der Waals surface area contributed by atoms with E-state index >= 15 is 0 Å². The molecule has 0 bridgehead atoms. The summed E-state index contributed by atoms with van der Waals surface area (Å²) in [5.74, 6) is -0.0160. The molecule has 0 unspecified atom stereocenters. The van der Waals surface area contributed by atoms with Gasteiger partial charge in [-0.25, -0.2) is 0 Å². The van der Waals surface area contributed by atoms with Crippen molar-refractivity contribution in [2.45, 2.75) is 26.6 Å². The van der Waals surface area contributed by atoms with Crippen LogP contribution in [0.2, 0.25) is 19.6 Å². The Balaban J connectivity index is 2.95. The van der Waals surface area contributed by atoms with Gasteiger partial charge in [0.2, 0.25) is 5.91 Å². The van der Waals surface area contributed by atoms with E-state index in [1.807, 2.05) is 12.1 Å². The van der Waals surface area contributed by atoms with Crippen LogP contribution in [0.1, 0.15) is 6.92 Å². The lowest BCUT2D eigenvalue weighted by Gasteiger charge is -2.17. The van der Waals surface area contributed by atoms with Crippen molar-refractivity contribution in [3.8, 4) is 0 Å². The summed E-state index contributed by atoms with van der Waals surface area (Å²) in [7, 11) is -1.27. The Labute approximate surface area is 86.3 Å². The lowest BCUT2D eigenvalue weighted by atomic mass is 10.3. The van der Waals surface area contributed by atoms with Gasteiger partial charge in [-0.1, -0.05) is 37.0 Å². The second-order valence-corrected chi connectivity index (χ2v) is 9.59. The van der Waals surface area contributed by atoms with E-state index in [1.54, 1.807) is 0 Å². The molecule has 0 spiro atoms. The molecule has 0 atom stereocenters. The Morgan fingerprint density at radius 3 is 2.43 bits per heavy atom. The van der Waals surface area contributed by atoms with E-state index in [9.17, 15) is 4.79 Å². The summed E-state index contributed by atoms with van der Waals surface area (Å²) in [6.45, 7) is 8.40. The fraction of sp³-hybridized carbons (Fsp3) is 0.364. The van der Waals surface area contributed by atoms with Crippen LogP contribution in [-0.2, 0) is 4.79 Å². The number of carbonyl (C=O) groups excluding carboxylic acids is 1. The Kier molecular flexibility index (Phi) is 3.11. The molecule has 2 nitrogen and oxygen atoms in total. The van der Waals surface area contributed by atoms with Gasteiger partial charge in [0.1, 0.15) is 0 Å². The van der Waals surface area contributed by atoms with Gasteiger partial charge in [-0.05, 0) is 12.1 Å². The molecule has 1 aromatic rings. The fourth-order valence-electron chi connectivity index (χ4n) is 1.27. The predicted octanol–water partition coefficient (Wildman–Crippen LogP) is 2.19. The number of amides is 1. The molecular formula is C11H17NOSi. The second-order valence-electron chi connectivity index (χ2n) is 4.51. The molecule has 1 N–H and O–H groups in total. The molecule has 0 saturated heterocycles. The first-order valence-electron chi connectivity index (χ1n) is 4.78. The number of benzene rings is 1. The minimum absolute atomic E-state index is 0.0160. The van der Waals surface area contributed by atoms with E-state index in [1.165, 1.54) is 12.1 Å². The molecule has 14 heavy (non-hydrogen) atoms.